The van der Waals surface area contributed by atoms with Crippen molar-refractivity contribution >= 4 is 12.3 Å². The molecule has 1 rings (SSSR count). The number of rotatable bonds is 3. The summed E-state index contributed by atoms with van der Waals surface area (Å²) in [5.74, 6) is -2.04. The summed E-state index contributed by atoms with van der Waals surface area (Å²) < 4.78 is 39.0. The molecule has 0 saturated carbocycles. The van der Waals surface area contributed by atoms with Crippen LogP contribution in [0.2, 0.25) is 0 Å². The van der Waals surface area contributed by atoms with E-state index in [1.807, 2.05) is 0 Å². The molecule has 0 aliphatic rings. The van der Waals surface area contributed by atoms with Crippen molar-refractivity contribution in [1.29, 1.82) is 0 Å². The van der Waals surface area contributed by atoms with Crippen LogP contribution in [0.25, 0.3) is 0 Å². The van der Waals surface area contributed by atoms with Crippen molar-refractivity contribution in [1.82, 2.24) is 0 Å². The molecule has 86 valence electrons. The zero-order valence-corrected chi connectivity index (χ0v) is 7.62. The molecule has 0 bridgehead atoms. The molecule has 16 heavy (non-hydrogen) atoms. The smallest absolute Gasteiger partial charge is 0.478 e. The molecule has 0 spiro atoms. The lowest BCUT2D eigenvalue weighted by molar-refractivity contribution is -0.274. The number of aldehydes is 1. The fourth-order valence-corrected chi connectivity index (χ4v) is 1.03. The van der Waals surface area contributed by atoms with Gasteiger partial charge in [0.05, 0.1) is 5.56 Å². The summed E-state index contributed by atoms with van der Waals surface area (Å²) >= 11 is 0. The van der Waals surface area contributed by atoms with Crippen LogP contribution < -0.4 is 4.74 Å². The van der Waals surface area contributed by atoms with Gasteiger partial charge in [-0.05, 0) is 18.2 Å². The van der Waals surface area contributed by atoms with E-state index < -0.39 is 18.1 Å². The van der Waals surface area contributed by atoms with Gasteiger partial charge in [-0.25, -0.2) is 4.79 Å². The van der Waals surface area contributed by atoms with E-state index in [-0.39, 0.29) is 17.4 Å². The summed E-state index contributed by atoms with van der Waals surface area (Å²) in [5.41, 5.74) is -0.765. The van der Waals surface area contributed by atoms with Crippen LogP contribution in [0.3, 0.4) is 0 Å². The Morgan fingerprint density at radius 2 is 2.00 bits per heavy atom. The van der Waals surface area contributed by atoms with Crippen LogP contribution in [0.4, 0.5) is 13.2 Å². The van der Waals surface area contributed by atoms with Crippen LogP contribution in [0.5, 0.6) is 5.75 Å². The van der Waals surface area contributed by atoms with Crippen molar-refractivity contribution in [2.45, 2.75) is 6.36 Å². The molecule has 0 fully saturated rings. The first-order chi connectivity index (χ1) is 7.33. The van der Waals surface area contributed by atoms with E-state index in [9.17, 15) is 22.8 Å². The molecule has 0 amide bonds. The highest BCUT2D eigenvalue weighted by molar-refractivity contribution is 5.97. The fraction of sp³-hybridized carbons (Fsp3) is 0.111. The highest BCUT2D eigenvalue weighted by atomic mass is 19.4. The first-order valence-corrected chi connectivity index (χ1v) is 3.92. The molecule has 1 aromatic rings. The third-order valence-electron chi connectivity index (χ3n) is 1.61. The molecule has 1 N–H and O–H groups in total. The highest BCUT2D eigenvalue weighted by Gasteiger charge is 2.31. The first-order valence-electron chi connectivity index (χ1n) is 3.92. The Kier molecular flexibility index (Phi) is 3.17. The van der Waals surface area contributed by atoms with E-state index >= 15 is 0 Å². The third-order valence-corrected chi connectivity index (χ3v) is 1.61. The monoisotopic (exact) mass is 234 g/mol. The summed E-state index contributed by atoms with van der Waals surface area (Å²) in [7, 11) is 0. The van der Waals surface area contributed by atoms with Crippen molar-refractivity contribution in [3.8, 4) is 5.75 Å². The van der Waals surface area contributed by atoms with Gasteiger partial charge in [0.25, 0.3) is 0 Å². The molecule has 1 aromatic carbocycles. The van der Waals surface area contributed by atoms with Gasteiger partial charge in [-0.3, -0.25) is 4.79 Å². The Labute approximate surface area is 87.3 Å². The van der Waals surface area contributed by atoms with Crippen molar-refractivity contribution in [3.05, 3.63) is 29.3 Å². The lowest BCUT2D eigenvalue weighted by Crippen LogP contribution is -2.17. The number of benzene rings is 1. The summed E-state index contributed by atoms with van der Waals surface area (Å²) in [6.45, 7) is 0. The molecule has 0 unspecified atom stereocenters. The van der Waals surface area contributed by atoms with Gasteiger partial charge in [0.15, 0.2) is 6.29 Å². The molecule has 4 nitrogen and oxygen atoms in total. The van der Waals surface area contributed by atoms with Gasteiger partial charge >= 0.3 is 12.3 Å². The number of halogens is 3. The lowest BCUT2D eigenvalue weighted by Gasteiger charge is -2.09. The van der Waals surface area contributed by atoms with Crippen LogP contribution in [0, 0.1) is 0 Å². The maximum Gasteiger partial charge on any atom is 0.573 e. The first kappa shape index (κ1) is 12.0. The topological polar surface area (TPSA) is 63.6 Å². The standard InChI is InChI=1S/C9H5F3O4/c10-9(11,12)16-6-1-2-7(8(14)15)5(3-6)4-13/h1-4H,(H,14,15). The van der Waals surface area contributed by atoms with E-state index in [0.29, 0.717) is 6.07 Å². The number of alkyl halides is 3. The van der Waals surface area contributed by atoms with Gasteiger partial charge in [0.1, 0.15) is 5.75 Å². The van der Waals surface area contributed by atoms with Gasteiger partial charge in [0.2, 0.25) is 0 Å². The van der Waals surface area contributed by atoms with E-state index in [2.05, 4.69) is 4.74 Å². The number of carboxylic acid groups (broad SMARTS) is 1. The van der Waals surface area contributed by atoms with Crippen LogP contribution in [0.1, 0.15) is 20.7 Å². The Morgan fingerprint density at radius 3 is 2.44 bits per heavy atom. The van der Waals surface area contributed by atoms with Gasteiger partial charge in [-0.15, -0.1) is 13.2 Å². The van der Waals surface area contributed by atoms with Gasteiger partial charge in [-0.2, -0.15) is 0 Å². The summed E-state index contributed by atoms with van der Waals surface area (Å²) in [5, 5.41) is 8.60. The zero-order chi connectivity index (χ0) is 12.3. The molecule has 0 radical (unpaired) electrons. The van der Waals surface area contributed by atoms with E-state index in [1.54, 1.807) is 0 Å². The van der Waals surface area contributed by atoms with Crippen molar-refractivity contribution in [2.75, 3.05) is 0 Å². The second-order valence-electron chi connectivity index (χ2n) is 2.72. The SMILES string of the molecule is O=Cc1cc(OC(F)(F)F)ccc1C(=O)O. The second kappa shape index (κ2) is 4.21. The number of hydrogen-bond acceptors (Lipinski definition) is 3. The summed E-state index contributed by atoms with van der Waals surface area (Å²) in [6, 6.07) is 2.40. The lowest BCUT2D eigenvalue weighted by atomic mass is 10.1. The van der Waals surface area contributed by atoms with E-state index in [0.717, 1.165) is 12.1 Å². The maximum absolute atomic E-state index is 11.8. The quantitative estimate of drug-likeness (QED) is 0.813. The Hall–Kier alpha value is -2.05. The second-order valence-corrected chi connectivity index (χ2v) is 2.72. The normalized spacial score (nSPS) is 10.9. The van der Waals surface area contributed by atoms with Crippen LogP contribution in [-0.2, 0) is 0 Å². The number of aromatic carboxylic acids is 1. The fourth-order valence-electron chi connectivity index (χ4n) is 1.03. The zero-order valence-electron chi connectivity index (χ0n) is 7.62. The average Bonchev–Trinajstić information content (AvgIpc) is 2.14. The van der Waals surface area contributed by atoms with Crippen molar-refractivity contribution in [3.63, 3.8) is 0 Å². The summed E-state index contributed by atoms with van der Waals surface area (Å²) in [6.07, 6.45) is -4.74. The molecule has 0 aliphatic heterocycles. The largest absolute Gasteiger partial charge is 0.573 e. The van der Waals surface area contributed by atoms with E-state index in [4.69, 9.17) is 5.11 Å². The number of carboxylic acids is 1. The molecule has 0 aliphatic carbocycles. The molecule has 7 heteroatoms. The van der Waals surface area contributed by atoms with Crippen LogP contribution in [0.15, 0.2) is 18.2 Å². The van der Waals surface area contributed by atoms with Gasteiger partial charge in [0, 0.05) is 5.56 Å². The molecule has 0 saturated heterocycles. The number of carbonyl (C=O) groups is 2. The average molecular weight is 234 g/mol. The number of carbonyl (C=O) groups excluding carboxylic acids is 1. The number of ether oxygens (including phenoxy) is 1. The van der Waals surface area contributed by atoms with Gasteiger partial charge < -0.3 is 9.84 Å². The van der Waals surface area contributed by atoms with Crippen molar-refractivity contribution in [2.24, 2.45) is 0 Å². The minimum absolute atomic E-state index is 0.146. The Balaban J connectivity index is 3.09. The molecule has 0 aromatic heterocycles. The van der Waals surface area contributed by atoms with Crippen LogP contribution >= 0.6 is 0 Å². The predicted molar refractivity (Wildman–Crippen MR) is 45.5 cm³/mol. The molecule has 0 atom stereocenters. The van der Waals surface area contributed by atoms with Crippen LogP contribution in [-0.4, -0.2) is 23.7 Å². The van der Waals surface area contributed by atoms with Crippen molar-refractivity contribution < 1.29 is 32.6 Å². The van der Waals surface area contributed by atoms with Gasteiger partial charge in [-0.1, -0.05) is 0 Å². The number of hydrogen-bond donors (Lipinski definition) is 1. The van der Waals surface area contributed by atoms with E-state index in [1.165, 1.54) is 0 Å². The predicted octanol–water partition coefficient (Wildman–Crippen LogP) is 2.10. The molecular weight excluding hydrogens is 229 g/mol. The Bertz CT molecular complexity index is 425. The maximum atomic E-state index is 11.8. The minimum atomic E-state index is -4.88. The Morgan fingerprint density at radius 1 is 1.38 bits per heavy atom. The highest BCUT2D eigenvalue weighted by Crippen LogP contribution is 2.24. The molecule has 0 heterocycles. The summed E-state index contributed by atoms with van der Waals surface area (Å²) in [4.78, 5) is 21.0. The molecular formula is C9H5F3O4. The minimum Gasteiger partial charge on any atom is -0.478 e. The third kappa shape index (κ3) is 2.97.